The van der Waals surface area contributed by atoms with Crippen LogP contribution in [0.4, 0.5) is 0 Å². The van der Waals surface area contributed by atoms with Crippen molar-refractivity contribution < 1.29 is 9.84 Å². The van der Waals surface area contributed by atoms with Gasteiger partial charge in [-0.1, -0.05) is 29.8 Å². The summed E-state index contributed by atoms with van der Waals surface area (Å²) in [7, 11) is 0. The van der Waals surface area contributed by atoms with Gasteiger partial charge in [-0.2, -0.15) is 0 Å². The van der Waals surface area contributed by atoms with Crippen LogP contribution in [-0.4, -0.2) is 17.8 Å². The number of allylic oxidation sites excluding steroid dienone is 1. The van der Waals surface area contributed by atoms with Gasteiger partial charge >= 0.3 is 0 Å². The lowest BCUT2D eigenvalue weighted by Gasteiger charge is -2.13. The Morgan fingerprint density at radius 3 is 2.93 bits per heavy atom. The second kappa shape index (κ2) is 4.07. The first-order valence-corrected chi connectivity index (χ1v) is 5.23. The zero-order chi connectivity index (χ0) is 10.8. The molecule has 2 rings (SSSR count). The Balaban J connectivity index is 2.24. The number of para-hydroxylation sites is 1. The van der Waals surface area contributed by atoms with Crippen molar-refractivity contribution in [3.8, 4) is 5.75 Å². The van der Waals surface area contributed by atoms with Crippen LogP contribution in [-0.2, 0) is 0 Å². The Hall–Kier alpha value is -1.28. The van der Waals surface area contributed by atoms with Crippen molar-refractivity contribution in [1.29, 1.82) is 0 Å². The first-order valence-electron chi connectivity index (χ1n) is 5.23. The Bertz CT molecular complexity index is 378. The number of rotatable bonds is 2. The topological polar surface area (TPSA) is 29.5 Å². The first kappa shape index (κ1) is 10.2. The molecule has 2 unspecified atom stereocenters. The third-order valence-electron chi connectivity index (χ3n) is 2.65. The second-order valence-electron chi connectivity index (χ2n) is 4.19. The van der Waals surface area contributed by atoms with Crippen LogP contribution in [0.15, 0.2) is 35.9 Å². The van der Waals surface area contributed by atoms with E-state index in [1.807, 2.05) is 44.2 Å². The standard InChI is InChI=1S/C13H16O2/c1-9(2)7-12(14)11-8-15-13-6-4-3-5-10(11)13/h3-7,11-12,14H,8H2,1-2H3. The molecular weight excluding hydrogens is 188 g/mol. The molecule has 2 atom stereocenters. The minimum absolute atomic E-state index is 0.0797. The predicted octanol–water partition coefficient (Wildman–Crippen LogP) is 2.49. The fraction of sp³-hybridized carbons (Fsp3) is 0.385. The van der Waals surface area contributed by atoms with Crippen molar-refractivity contribution in [2.24, 2.45) is 0 Å². The lowest BCUT2D eigenvalue weighted by atomic mass is 9.94. The van der Waals surface area contributed by atoms with Gasteiger partial charge in [-0.05, 0) is 19.9 Å². The smallest absolute Gasteiger partial charge is 0.123 e. The van der Waals surface area contributed by atoms with E-state index in [0.29, 0.717) is 6.61 Å². The van der Waals surface area contributed by atoms with Gasteiger partial charge in [0.05, 0.1) is 18.6 Å². The summed E-state index contributed by atoms with van der Waals surface area (Å²) in [5, 5.41) is 10.0. The van der Waals surface area contributed by atoms with Crippen molar-refractivity contribution in [1.82, 2.24) is 0 Å². The number of ether oxygens (including phenoxy) is 1. The van der Waals surface area contributed by atoms with E-state index in [4.69, 9.17) is 4.74 Å². The Labute approximate surface area is 90.2 Å². The molecule has 1 N–H and O–H groups in total. The number of benzene rings is 1. The summed E-state index contributed by atoms with van der Waals surface area (Å²) >= 11 is 0. The fourth-order valence-electron chi connectivity index (χ4n) is 1.93. The summed E-state index contributed by atoms with van der Waals surface area (Å²) in [5.41, 5.74) is 2.24. The summed E-state index contributed by atoms with van der Waals surface area (Å²) in [4.78, 5) is 0. The van der Waals surface area contributed by atoms with Gasteiger partial charge in [0.1, 0.15) is 5.75 Å². The molecule has 0 saturated carbocycles. The summed E-state index contributed by atoms with van der Waals surface area (Å²) in [6.07, 6.45) is 1.44. The normalized spacial score (nSPS) is 20.3. The van der Waals surface area contributed by atoms with Crippen LogP contribution in [0.1, 0.15) is 25.3 Å². The van der Waals surface area contributed by atoms with Crippen molar-refractivity contribution in [2.45, 2.75) is 25.9 Å². The van der Waals surface area contributed by atoms with E-state index >= 15 is 0 Å². The van der Waals surface area contributed by atoms with E-state index in [-0.39, 0.29) is 5.92 Å². The molecule has 0 aliphatic carbocycles. The SMILES string of the molecule is CC(C)=CC(O)C1COc2ccccc21. The number of fused-ring (bicyclic) bond motifs is 1. The van der Waals surface area contributed by atoms with Gasteiger partial charge < -0.3 is 9.84 Å². The fourth-order valence-corrected chi connectivity index (χ4v) is 1.93. The lowest BCUT2D eigenvalue weighted by Crippen LogP contribution is -2.17. The maximum Gasteiger partial charge on any atom is 0.123 e. The van der Waals surface area contributed by atoms with E-state index in [9.17, 15) is 5.11 Å². The zero-order valence-corrected chi connectivity index (χ0v) is 9.10. The molecule has 1 aromatic carbocycles. The van der Waals surface area contributed by atoms with Crippen LogP contribution in [0, 0.1) is 0 Å². The number of aliphatic hydroxyl groups excluding tert-OH is 1. The van der Waals surface area contributed by atoms with E-state index in [2.05, 4.69) is 0 Å². The van der Waals surface area contributed by atoms with Crippen LogP contribution in [0.5, 0.6) is 5.75 Å². The molecule has 0 aromatic heterocycles. The minimum atomic E-state index is -0.446. The summed E-state index contributed by atoms with van der Waals surface area (Å²) in [6.45, 7) is 4.56. The Kier molecular flexibility index (Phi) is 2.78. The lowest BCUT2D eigenvalue weighted by molar-refractivity contribution is 0.169. The third kappa shape index (κ3) is 2.05. The highest BCUT2D eigenvalue weighted by Crippen LogP contribution is 2.35. The van der Waals surface area contributed by atoms with Gasteiger partial charge in [0, 0.05) is 5.56 Å². The van der Waals surface area contributed by atoms with Gasteiger partial charge in [-0.25, -0.2) is 0 Å². The number of aliphatic hydroxyl groups is 1. The average Bonchev–Trinajstić information content (AvgIpc) is 2.59. The molecule has 0 radical (unpaired) electrons. The molecule has 1 heterocycles. The molecule has 80 valence electrons. The van der Waals surface area contributed by atoms with Crippen molar-refractivity contribution >= 4 is 0 Å². The molecule has 0 fully saturated rings. The van der Waals surface area contributed by atoms with Crippen molar-refractivity contribution in [2.75, 3.05) is 6.61 Å². The summed E-state index contributed by atoms with van der Waals surface area (Å²) in [5.74, 6) is 0.986. The first-order chi connectivity index (χ1) is 7.18. The predicted molar refractivity (Wildman–Crippen MR) is 60.1 cm³/mol. The summed E-state index contributed by atoms with van der Waals surface area (Å²) in [6, 6.07) is 7.91. The van der Waals surface area contributed by atoms with Crippen LogP contribution in [0.25, 0.3) is 0 Å². The monoisotopic (exact) mass is 204 g/mol. The van der Waals surface area contributed by atoms with E-state index < -0.39 is 6.10 Å². The minimum Gasteiger partial charge on any atom is -0.493 e. The highest BCUT2D eigenvalue weighted by molar-refractivity contribution is 5.41. The number of hydrogen-bond donors (Lipinski definition) is 1. The van der Waals surface area contributed by atoms with Gasteiger partial charge in [-0.3, -0.25) is 0 Å². The number of hydrogen-bond acceptors (Lipinski definition) is 2. The van der Waals surface area contributed by atoms with Crippen LogP contribution in [0.3, 0.4) is 0 Å². The molecule has 0 bridgehead atoms. The van der Waals surface area contributed by atoms with E-state index in [1.54, 1.807) is 0 Å². The molecular formula is C13H16O2. The molecule has 0 spiro atoms. The van der Waals surface area contributed by atoms with E-state index in [0.717, 1.165) is 16.9 Å². The van der Waals surface area contributed by atoms with Crippen LogP contribution < -0.4 is 4.74 Å². The average molecular weight is 204 g/mol. The van der Waals surface area contributed by atoms with Gasteiger partial charge in [0.15, 0.2) is 0 Å². The maximum absolute atomic E-state index is 10.0. The molecule has 2 nitrogen and oxygen atoms in total. The Morgan fingerprint density at radius 2 is 2.20 bits per heavy atom. The Morgan fingerprint density at radius 1 is 1.47 bits per heavy atom. The van der Waals surface area contributed by atoms with Gasteiger partial charge in [0.2, 0.25) is 0 Å². The van der Waals surface area contributed by atoms with Gasteiger partial charge in [-0.15, -0.1) is 0 Å². The molecule has 2 heteroatoms. The van der Waals surface area contributed by atoms with E-state index in [1.165, 1.54) is 0 Å². The van der Waals surface area contributed by atoms with Gasteiger partial charge in [0.25, 0.3) is 0 Å². The van der Waals surface area contributed by atoms with Crippen LogP contribution >= 0.6 is 0 Å². The largest absolute Gasteiger partial charge is 0.493 e. The highest BCUT2D eigenvalue weighted by atomic mass is 16.5. The zero-order valence-electron chi connectivity index (χ0n) is 9.10. The molecule has 15 heavy (non-hydrogen) atoms. The summed E-state index contributed by atoms with van der Waals surface area (Å²) < 4.78 is 5.52. The quantitative estimate of drug-likeness (QED) is 0.750. The third-order valence-corrected chi connectivity index (χ3v) is 2.65. The van der Waals surface area contributed by atoms with Crippen LogP contribution in [0.2, 0.25) is 0 Å². The molecule has 1 aromatic rings. The molecule has 1 aliphatic heterocycles. The molecule has 0 saturated heterocycles. The second-order valence-corrected chi connectivity index (χ2v) is 4.19. The van der Waals surface area contributed by atoms with Crippen molar-refractivity contribution in [3.63, 3.8) is 0 Å². The molecule has 0 amide bonds. The molecule has 1 aliphatic rings. The maximum atomic E-state index is 10.0. The van der Waals surface area contributed by atoms with Crippen molar-refractivity contribution in [3.05, 3.63) is 41.5 Å². The highest BCUT2D eigenvalue weighted by Gasteiger charge is 2.28.